The number of pyridine rings is 1. The van der Waals surface area contributed by atoms with Gasteiger partial charge in [-0.1, -0.05) is 0 Å². The van der Waals surface area contributed by atoms with E-state index in [0.29, 0.717) is 0 Å². The second kappa shape index (κ2) is 4.45. The summed E-state index contributed by atoms with van der Waals surface area (Å²) in [5.74, 6) is 0.969. The zero-order valence-corrected chi connectivity index (χ0v) is 9.81. The first-order chi connectivity index (χ1) is 7.72. The van der Waals surface area contributed by atoms with Crippen LogP contribution in [0.4, 0.5) is 0 Å². The summed E-state index contributed by atoms with van der Waals surface area (Å²) < 4.78 is 2.01. The first kappa shape index (κ1) is 10.8. The summed E-state index contributed by atoms with van der Waals surface area (Å²) in [6.45, 7) is 4.06. The topological polar surface area (TPSA) is 42.7 Å². The summed E-state index contributed by atoms with van der Waals surface area (Å²) in [7, 11) is 1.93. The van der Waals surface area contributed by atoms with Gasteiger partial charge in [-0.25, -0.2) is 4.98 Å². The van der Waals surface area contributed by atoms with Crippen molar-refractivity contribution in [2.75, 3.05) is 7.05 Å². The van der Waals surface area contributed by atoms with Gasteiger partial charge in [-0.15, -0.1) is 0 Å². The lowest BCUT2D eigenvalue weighted by Crippen LogP contribution is -2.13. The highest BCUT2D eigenvalue weighted by atomic mass is 15.1. The van der Waals surface area contributed by atoms with E-state index >= 15 is 0 Å². The zero-order chi connectivity index (χ0) is 11.5. The van der Waals surface area contributed by atoms with Crippen LogP contribution >= 0.6 is 0 Å². The highest BCUT2D eigenvalue weighted by Gasteiger charge is 2.05. The lowest BCUT2D eigenvalue weighted by molar-refractivity contribution is 0.632. The van der Waals surface area contributed by atoms with E-state index in [1.165, 1.54) is 0 Å². The van der Waals surface area contributed by atoms with E-state index in [4.69, 9.17) is 0 Å². The largest absolute Gasteiger partial charge is 0.312 e. The Labute approximate surface area is 95.4 Å². The highest BCUT2D eigenvalue weighted by molar-refractivity contribution is 5.31. The molecule has 0 radical (unpaired) electrons. The number of nitrogens with zero attached hydrogens (tertiary/aromatic N) is 3. The van der Waals surface area contributed by atoms with Crippen molar-refractivity contribution < 1.29 is 0 Å². The van der Waals surface area contributed by atoms with Crippen molar-refractivity contribution in [3.63, 3.8) is 0 Å². The Kier molecular flexibility index (Phi) is 3.01. The summed E-state index contributed by atoms with van der Waals surface area (Å²) in [4.78, 5) is 8.62. The van der Waals surface area contributed by atoms with Crippen molar-refractivity contribution in [1.29, 1.82) is 0 Å². The molecule has 0 bridgehead atoms. The second-order valence-corrected chi connectivity index (χ2v) is 3.80. The molecule has 2 aromatic heterocycles. The van der Waals surface area contributed by atoms with E-state index in [2.05, 4.69) is 28.3 Å². The summed E-state index contributed by atoms with van der Waals surface area (Å²) in [6.07, 6.45) is 5.60. The van der Waals surface area contributed by atoms with Gasteiger partial charge in [0, 0.05) is 18.4 Å². The smallest absolute Gasteiger partial charge is 0.110 e. The number of nitrogens with one attached hydrogen (secondary N) is 1. The molecule has 0 amide bonds. The molecular weight excluding hydrogens is 200 g/mol. The third-order valence-electron chi connectivity index (χ3n) is 2.75. The van der Waals surface area contributed by atoms with Crippen LogP contribution in [0.25, 0.3) is 5.69 Å². The van der Waals surface area contributed by atoms with Crippen LogP contribution in [-0.4, -0.2) is 21.6 Å². The molecule has 0 fully saturated rings. The SMILES string of the molecule is CNC(C)c1ccc(-n2ccnc2C)cn1. The minimum absolute atomic E-state index is 0.276. The van der Waals surface area contributed by atoms with E-state index in [9.17, 15) is 0 Å². The second-order valence-electron chi connectivity index (χ2n) is 3.80. The molecule has 16 heavy (non-hydrogen) atoms. The van der Waals surface area contributed by atoms with Gasteiger partial charge in [0.25, 0.3) is 0 Å². The van der Waals surface area contributed by atoms with Gasteiger partial charge in [0.2, 0.25) is 0 Å². The van der Waals surface area contributed by atoms with Crippen LogP contribution in [0, 0.1) is 6.92 Å². The standard InChI is InChI=1S/C12H16N4/c1-9(13-3)12-5-4-11(8-15-12)16-7-6-14-10(16)2/h4-9,13H,1-3H3. The van der Waals surface area contributed by atoms with E-state index in [1.807, 2.05) is 37.0 Å². The maximum absolute atomic E-state index is 4.44. The number of aromatic nitrogens is 3. The van der Waals surface area contributed by atoms with Crippen LogP contribution in [0.15, 0.2) is 30.7 Å². The van der Waals surface area contributed by atoms with Gasteiger partial charge in [0.15, 0.2) is 0 Å². The number of hydrogen-bond acceptors (Lipinski definition) is 3. The Hall–Kier alpha value is -1.68. The Bertz CT molecular complexity index is 458. The van der Waals surface area contributed by atoms with Gasteiger partial charge in [-0.3, -0.25) is 4.98 Å². The number of aryl methyl sites for hydroxylation is 1. The molecule has 2 rings (SSSR count). The van der Waals surface area contributed by atoms with Gasteiger partial charge < -0.3 is 9.88 Å². The van der Waals surface area contributed by atoms with Crippen LogP contribution in [0.1, 0.15) is 24.5 Å². The summed E-state index contributed by atoms with van der Waals surface area (Å²) in [5, 5.41) is 3.17. The average molecular weight is 216 g/mol. The number of rotatable bonds is 3. The molecule has 0 aromatic carbocycles. The first-order valence-corrected chi connectivity index (χ1v) is 5.36. The highest BCUT2D eigenvalue weighted by Crippen LogP contribution is 2.13. The van der Waals surface area contributed by atoms with Crippen molar-refractivity contribution in [3.8, 4) is 5.69 Å². The third kappa shape index (κ3) is 1.97. The molecule has 0 aliphatic rings. The lowest BCUT2D eigenvalue weighted by atomic mass is 10.2. The molecule has 0 aliphatic carbocycles. The zero-order valence-electron chi connectivity index (χ0n) is 9.81. The minimum Gasteiger partial charge on any atom is -0.312 e. The minimum atomic E-state index is 0.276. The molecule has 0 aliphatic heterocycles. The van der Waals surface area contributed by atoms with Gasteiger partial charge >= 0.3 is 0 Å². The fourth-order valence-corrected chi connectivity index (χ4v) is 1.59. The molecule has 4 nitrogen and oxygen atoms in total. The molecular formula is C12H16N4. The predicted molar refractivity (Wildman–Crippen MR) is 63.6 cm³/mol. The number of hydrogen-bond donors (Lipinski definition) is 1. The van der Waals surface area contributed by atoms with Crippen LogP contribution in [0.5, 0.6) is 0 Å². The Morgan fingerprint density at radius 3 is 2.62 bits per heavy atom. The van der Waals surface area contributed by atoms with Crippen molar-refractivity contribution >= 4 is 0 Å². The molecule has 1 N–H and O–H groups in total. The maximum atomic E-state index is 4.44. The third-order valence-corrected chi connectivity index (χ3v) is 2.75. The van der Waals surface area contributed by atoms with Crippen molar-refractivity contribution in [2.45, 2.75) is 19.9 Å². The van der Waals surface area contributed by atoms with Crippen molar-refractivity contribution in [2.24, 2.45) is 0 Å². The summed E-state index contributed by atoms with van der Waals surface area (Å²) >= 11 is 0. The molecule has 0 spiro atoms. The molecule has 1 unspecified atom stereocenters. The molecule has 4 heteroatoms. The maximum Gasteiger partial charge on any atom is 0.110 e. The van der Waals surface area contributed by atoms with Gasteiger partial charge in [0.05, 0.1) is 17.6 Å². The first-order valence-electron chi connectivity index (χ1n) is 5.36. The van der Waals surface area contributed by atoms with E-state index in [-0.39, 0.29) is 6.04 Å². The monoisotopic (exact) mass is 216 g/mol. The fourth-order valence-electron chi connectivity index (χ4n) is 1.59. The summed E-state index contributed by atoms with van der Waals surface area (Å²) in [6, 6.07) is 4.37. The normalized spacial score (nSPS) is 12.7. The van der Waals surface area contributed by atoms with Crippen LogP contribution in [-0.2, 0) is 0 Å². The molecule has 84 valence electrons. The lowest BCUT2D eigenvalue weighted by Gasteiger charge is -2.10. The van der Waals surface area contributed by atoms with Gasteiger partial charge in [0.1, 0.15) is 5.82 Å². The Morgan fingerprint density at radius 1 is 1.31 bits per heavy atom. The molecule has 0 saturated carbocycles. The predicted octanol–water partition coefficient (Wildman–Crippen LogP) is 1.86. The van der Waals surface area contributed by atoms with Crippen LogP contribution in [0.2, 0.25) is 0 Å². The van der Waals surface area contributed by atoms with Crippen molar-refractivity contribution in [3.05, 3.63) is 42.2 Å². The number of imidazole rings is 1. The van der Waals surface area contributed by atoms with Gasteiger partial charge in [-0.05, 0) is 33.0 Å². The molecule has 2 heterocycles. The summed E-state index contributed by atoms with van der Waals surface area (Å²) in [5.41, 5.74) is 2.09. The molecule has 1 atom stereocenters. The van der Waals surface area contributed by atoms with Crippen LogP contribution in [0.3, 0.4) is 0 Å². The molecule has 2 aromatic rings. The van der Waals surface area contributed by atoms with E-state index in [0.717, 1.165) is 17.2 Å². The van der Waals surface area contributed by atoms with Crippen LogP contribution < -0.4 is 5.32 Å². The average Bonchev–Trinajstić information content (AvgIpc) is 2.75. The van der Waals surface area contributed by atoms with E-state index < -0.39 is 0 Å². The van der Waals surface area contributed by atoms with E-state index in [1.54, 1.807) is 6.20 Å². The quantitative estimate of drug-likeness (QED) is 0.851. The Balaban J connectivity index is 2.30. The molecule has 0 saturated heterocycles. The Morgan fingerprint density at radius 2 is 2.12 bits per heavy atom. The fraction of sp³-hybridized carbons (Fsp3) is 0.333. The van der Waals surface area contributed by atoms with Crippen molar-refractivity contribution in [1.82, 2.24) is 19.9 Å². The van der Waals surface area contributed by atoms with Gasteiger partial charge in [-0.2, -0.15) is 0 Å².